The zero-order valence-electron chi connectivity index (χ0n) is 18.9. The third-order valence-corrected chi connectivity index (χ3v) is 8.33. The summed E-state index contributed by atoms with van der Waals surface area (Å²) >= 11 is 6.06. The number of halogens is 1. The normalized spacial score (nSPS) is 16.9. The van der Waals surface area contributed by atoms with Gasteiger partial charge in [0.05, 0.1) is 4.90 Å². The lowest BCUT2D eigenvalue weighted by molar-refractivity contribution is -0.139. The fraction of sp³-hybridized carbons (Fsp3) is 0.417. The monoisotopic (exact) mass is 491 g/mol. The van der Waals surface area contributed by atoms with Crippen LogP contribution in [0.25, 0.3) is 0 Å². The van der Waals surface area contributed by atoms with Crippen LogP contribution in [-0.4, -0.2) is 43.7 Å². The van der Waals surface area contributed by atoms with Gasteiger partial charge in [0.25, 0.3) is 0 Å². The minimum atomic E-state index is -3.65. The molecule has 178 valence electrons. The van der Waals surface area contributed by atoms with E-state index in [0.29, 0.717) is 28.4 Å². The van der Waals surface area contributed by atoms with Crippen molar-refractivity contribution >= 4 is 33.4 Å². The summed E-state index contributed by atoms with van der Waals surface area (Å²) in [7, 11) is -3.65. The minimum Gasteiger partial charge on any atom is -0.348 e. The standard InChI is InChI=1S/C24H30ClN3O4S/c1-17-10-11-18(2)22(15-17)33(31,32)28-14-6-5-8-20(28)12-13-26-23(29)24(30)27-16-19-7-3-4-9-21(19)25/h3-4,7,9-11,15,20H,5-6,8,12-14,16H2,1-2H3,(H,26,29)(H,27,30)/t20-/m0/s1. The quantitative estimate of drug-likeness (QED) is 0.581. The highest BCUT2D eigenvalue weighted by Crippen LogP contribution is 2.29. The van der Waals surface area contributed by atoms with Crippen LogP contribution in [-0.2, 0) is 26.2 Å². The van der Waals surface area contributed by atoms with Crippen LogP contribution >= 0.6 is 11.6 Å². The zero-order chi connectivity index (χ0) is 24.0. The summed E-state index contributed by atoms with van der Waals surface area (Å²) in [5.41, 5.74) is 2.33. The molecule has 0 saturated carbocycles. The molecule has 0 radical (unpaired) electrons. The molecule has 7 nitrogen and oxygen atoms in total. The first-order chi connectivity index (χ1) is 15.7. The van der Waals surface area contributed by atoms with Crippen molar-refractivity contribution in [1.82, 2.24) is 14.9 Å². The average molecular weight is 492 g/mol. The topological polar surface area (TPSA) is 95.6 Å². The predicted molar refractivity (Wildman–Crippen MR) is 128 cm³/mol. The molecule has 3 rings (SSSR count). The molecule has 2 aromatic rings. The van der Waals surface area contributed by atoms with Gasteiger partial charge < -0.3 is 10.6 Å². The highest BCUT2D eigenvalue weighted by atomic mass is 35.5. The number of hydrogen-bond donors (Lipinski definition) is 2. The lowest BCUT2D eigenvalue weighted by Crippen LogP contribution is -2.46. The van der Waals surface area contributed by atoms with Crippen LogP contribution in [0.2, 0.25) is 5.02 Å². The Hall–Kier alpha value is -2.42. The number of carbonyl (C=O) groups is 2. The van der Waals surface area contributed by atoms with Crippen molar-refractivity contribution in [2.24, 2.45) is 0 Å². The van der Waals surface area contributed by atoms with Crippen LogP contribution in [0.4, 0.5) is 0 Å². The first-order valence-electron chi connectivity index (χ1n) is 11.1. The summed E-state index contributed by atoms with van der Waals surface area (Å²) in [6.45, 7) is 4.48. The van der Waals surface area contributed by atoms with Crippen LogP contribution in [0.5, 0.6) is 0 Å². The molecule has 2 N–H and O–H groups in total. The molecule has 1 aliphatic heterocycles. The Kier molecular flexibility index (Phi) is 8.51. The number of benzene rings is 2. The van der Waals surface area contributed by atoms with Crippen molar-refractivity contribution in [3.8, 4) is 0 Å². The van der Waals surface area contributed by atoms with Crippen molar-refractivity contribution in [2.75, 3.05) is 13.1 Å². The maximum Gasteiger partial charge on any atom is 0.309 e. The van der Waals surface area contributed by atoms with Gasteiger partial charge in [0.1, 0.15) is 0 Å². The minimum absolute atomic E-state index is 0.149. The Morgan fingerprint density at radius 2 is 1.79 bits per heavy atom. The predicted octanol–water partition coefficient (Wildman–Crippen LogP) is 3.32. The van der Waals surface area contributed by atoms with Crippen molar-refractivity contribution in [1.29, 1.82) is 0 Å². The first-order valence-corrected chi connectivity index (χ1v) is 12.9. The molecule has 9 heteroatoms. The molecule has 2 amide bonds. The maximum absolute atomic E-state index is 13.4. The van der Waals surface area contributed by atoms with E-state index in [1.807, 2.05) is 19.1 Å². The van der Waals surface area contributed by atoms with Gasteiger partial charge in [-0.2, -0.15) is 4.31 Å². The number of aryl methyl sites for hydroxylation is 2. The van der Waals surface area contributed by atoms with Crippen molar-refractivity contribution < 1.29 is 18.0 Å². The number of amides is 2. The average Bonchev–Trinajstić information content (AvgIpc) is 2.80. The van der Waals surface area contributed by atoms with E-state index in [4.69, 9.17) is 11.6 Å². The Bertz CT molecular complexity index is 1120. The molecule has 0 unspecified atom stereocenters. The van der Waals surface area contributed by atoms with Crippen LogP contribution in [0, 0.1) is 13.8 Å². The molecule has 1 aliphatic rings. The number of nitrogens with zero attached hydrogens (tertiary/aromatic N) is 1. The summed E-state index contributed by atoms with van der Waals surface area (Å²) < 4.78 is 28.3. The SMILES string of the molecule is Cc1ccc(C)c(S(=O)(=O)N2CCCC[C@H]2CCNC(=O)C(=O)NCc2ccccc2Cl)c1. The summed E-state index contributed by atoms with van der Waals surface area (Å²) in [6, 6.07) is 12.3. The fourth-order valence-electron chi connectivity index (χ4n) is 4.02. The Morgan fingerprint density at radius 1 is 1.06 bits per heavy atom. The van der Waals surface area contributed by atoms with Gasteiger partial charge in [0, 0.05) is 30.7 Å². The van der Waals surface area contributed by atoms with Gasteiger partial charge >= 0.3 is 11.8 Å². The van der Waals surface area contributed by atoms with Crippen LogP contribution in [0.1, 0.15) is 42.4 Å². The molecule has 33 heavy (non-hydrogen) atoms. The Balaban J connectivity index is 1.57. The number of hydrogen-bond acceptors (Lipinski definition) is 4. The highest BCUT2D eigenvalue weighted by molar-refractivity contribution is 7.89. The molecule has 1 fully saturated rings. The molecular weight excluding hydrogens is 462 g/mol. The Labute approximate surface area is 200 Å². The van der Waals surface area contributed by atoms with Gasteiger partial charge in [-0.15, -0.1) is 0 Å². The summed E-state index contributed by atoms with van der Waals surface area (Å²) in [5.74, 6) is -1.50. The van der Waals surface area contributed by atoms with Crippen molar-refractivity contribution in [2.45, 2.75) is 57.0 Å². The van der Waals surface area contributed by atoms with Gasteiger partial charge in [-0.3, -0.25) is 9.59 Å². The van der Waals surface area contributed by atoms with E-state index in [9.17, 15) is 18.0 Å². The van der Waals surface area contributed by atoms with Crippen molar-refractivity contribution in [3.63, 3.8) is 0 Å². The van der Waals surface area contributed by atoms with Gasteiger partial charge in [0.2, 0.25) is 10.0 Å². The largest absolute Gasteiger partial charge is 0.348 e. The summed E-state index contributed by atoms with van der Waals surface area (Å²) in [5, 5.41) is 5.67. The van der Waals surface area contributed by atoms with E-state index in [0.717, 1.165) is 30.4 Å². The molecule has 0 aromatic heterocycles. The summed E-state index contributed by atoms with van der Waals surface area (Å²) in [6.07, 6.45) is 2.89. The zero-order valence-corrected chi connectivity index (χ0v) is 20.5. The number of carbonyl (C=O) groups excluding carboxylic acids is 2. The molecule has 0 spiro atoms. The van der Waals surface area contributed by atoms with E-state index < -0.39 is 21.8 Å². The summed E-state index contributed by atoms with van der Waals surface area (Å²) in [4.78, 5) is 24.6. The third kappa shape index (κ3) is 6.34. The number of nitrogens with one attached hydrogen (secondary N) is 2. The van der Waals surface area contributed by atoms with E-state index in [2.05, 4.69) is 10.6 Å². The Morgan fingerprint density at radius 3 is 2.55 bits per heavy atom. The van der Waals surface area contributed by atoms with Gasteiger partial charge in [0.15, 0.2) is 0 Å². The number of sulfonamides is 1. The molecule has 0 bridgehead atoms. The lowest BCUT2D eigenvalue weighted by atomic mass is 10.0. The number of rotatable bonds is 7. The highest BCUT2D eigenvalue weighted by Gasteiger charge is 2.34. The maximum atomic E-state index is 13.4. The van der Waals surface area contributed by atoms with Crippen LogP contribution in [0.15, 0.2) is 47.4 Å². The van der Waals surface area contributed by atoms with Gasteiger partial charge in [-0.1, -0.05) is 48.4 Å². The van der Waals surface area contributed by atoms with E-state index in [1.54, 1.807) is 41.6 Å². The van der Waals surface area contributed by atoms with Gasteiger partial charge in [-0.25, -0.2) is 8.42 Å². The second-order valence-corrected chi connectivity index (χ2v) is 10.6. The number of piperidine rings is 1. The van der Waals surface area contributed by atoms with Crippen molar-refractivity contribution in [3.05, 3.63) is 64.2 Å². The molecular formula is C24H30ClN3O4S. The molecule has 1 atom stereocenters. The van der Waals surface area contributed by atoms with Crippen LogP contribution in [0.3, 0.4) is 0 Å². The smallest absolute Gasteiger partial charge is 0.309 e. The van der Waals surface area contributed by atoms with Crippen LogP contribution < -0.4 is 10.6 Å². The molecule has 1 heterocycles. The lowest BCUT2D eigenvalue weighted by Gasteiger charge is -2.35. The van der Waals surface area contributed by atoms with E-state index in [1.165, 1.54) is 0 Å². The second kappa shape index (κ2) is 11.1. The third-order valence-electron chi connectivity index (χ3n) is 5.87. The molecule has 0 aliphatic carbocycles. The molecule has 1 saturated heterocycles. The van der Waals surface area contributed by atoms with Gasteiger partial charge in [-0.05, 0) is 61.9 Å². The first kappa shape index (κ1) is 25.2. The second-order valence-electron chi connectivity index (χ2n) is 8.35. The van der Waals surface area contributed by atoms with E-state index in [-0.39, 0.29) is 19.1 Å². The van der Waals surface area contributed by atoms with E-state index >= 15 is 0 Å². The fourth-order valence-corrected chi connectivity index (χ4v) is 6.26. The molecule has 2 aromatic carbocycles.